The molecule has 77 valence electrons. The van der Waals surface area contributed by atoms with Crippen LogP contribution in [-0.2, 0) is 4.43 Å². The van der Waals surface area contributed by atoms with Crippen LogP contribution in [0.1, 0.15) is 51.9 Å². The largest absolute Gasteiger partial charge is 0.412 e. The summed E-state index contributed by atoms with van der Waals surface area (Å²) < 4.78 is 6.20. The summed E-state index contributed by atoms with van der Waals surface area (Å²) in [4.78, 5) is 0. The van der Waals surface area contributed by atoms with Gasteiger partial charge in [-0.1, -0.05) is 32.6 Å². The molecular formula is C11H23OSi. The normalized spacial score (nSPS) is 21.2. The molecule has 1 rings (SSSR count). The SMILES string of the molecule is CCCCC1(O[Si](C)C)CCCC1. The van der Waals surface area contributed by atoms with Crippen molar-refractivity contribution in [2.24, 2.45) is 0 Å². The highest BCUT2D eigenvalue weighted by Crippen LogP contribution is 2.37. The van der Waals surface area contributed by atoms with Crippen LogP contribution in [-0.4, -0.2) is 14.6 Å². The molecule has 0 unspecified atom stereocenters. The first-order chi connectivity index (χ1) is 6.18. The predicted octanol–water partition coefficient (Wildman–Crippen LogP) is 3.76. The minimum Gasteiger partial charge on any atom is -0.412 e. The number of hydrogen-bond donors (Lipinski definition) is 0. The zero-order chi connectivity index (χ0) is 9.73. The molecule has 1 radical (unpaired) electrons. The maximum absolute atomic E-state index is 6.20. The van der Waals surface area contributed by atoms with Crippen LogP contribution in [0.4, 0.5) is 0 Å². The molecule has 0 heterocycles. The van der Waals surface area contributed by atoms with E-state index in [2.05, 4.69) is 20.0 Å². The lowest BCUT2D eigenvalue weighted by molar-refractivity contribution is 0.0636. The number of hydrogen-bond acceptors (Lipinski definition) is 1. The molecule has 0 aromatic rings. The summed E-state index contributed by atoms with van der Waals surface area (Å²) in [7, 11) is -0.505. The average Bonchev–Trinajstić information content (AvgIpc) is 2.49. The van der Waals surface area contributed by atoms with E-state index in [1.165, 1.54) is 44.9 Å². The van der Waals surface area contributed by atoms with E-state index in [0.29, 0.717) is 5.60 Å². The first-order valence-electron chi connectivity index (χ1n) is 5.68. The first-order valence-corrected chi connectivity index (χ1v) is 8.08. The van der Waals surface area contributed by atoms with Crippen molar-refractivity contribution in [2.45, 2.75) is 70.6 Å². The molecule has 1 aliphatic carbocycles. The van der Waals surface area contributed by atoms with Crippen LogP contribution in [0.3, 0.4) is 0 Å². The van der Waals surface area contributed by atoms with Gasteiger partial charge in [0.15, 0.2) is 0 Å². The van der Waals surface area contributed by atoms with Crippen molar-refractivity contribution in [3.05, 3.63) is 0 Å². The summed E-state index contributed by atoms with van der Waals surface area (Å²) in [5.74, 6) is 0. The van der Waals surface area contributed by atoms with Crippen LogP contribution < -0.4 is 0 Å². The van der Waals surface area contributed by atoms with Gasteiger partial charge in [0.05, 0.1) is 5.60 Å². The van der Waals surface area contributed by atoms with Crippen molar-refractivity contribution in [3.8, 4) is 0 Å². The third-order valence-electron chi connectivity index (χ3n) is 2.92. The van der Waals surface area contributed by atoms with Crippen LogP contribution in [0.5, 0.6) is 0 Å². The minimum atomic E-state index is -0.505. The van der Waals surface area contributed by atoms with Crippen molar-refractivity contribution in [1.82, 2.24) is 0 Å². The van der Waals surface area contributed by atoms with Gasteiger partial charge in [-0.2, -0.15) is 0 Å². The van der Waals surface area contributed by atoms with Crippen LogP contribution in [0.15, 0.2) is 0 Å². The Balaban J connectivity index is 2.42. The molecule has 0 saturated heterocycles. The Labute approximate surface area is 84.6 Å². The maximum Gasteiger partial charge on any atom is 0.205 e. The van der Waals surface area contributed by atoms with Crippen molar-refractivity contribution < 1.29 is 4.43 Å². The second-order valence-electron chi connectivity index (χ2n) is 4.50. The topological polar surface area (TPSA) is 9.23 Å². The van der Waals surface area contributed by atoms with Crippen molar-refractivity contribution in [2.75, 3.05) is 0 Å². The van der Waals surface area contributed by atoms with Gasteiger partial charge in [-0.25, -0.2) is 0 Å². The van der Waals surface area contributed by atoms with Gasteiger partial charge in [-0.3, -0.25) is 0 Å². The molecule has 1 saturated carbocycles. The highest BCUT2D eigenvalue weighted by Gasteiger charge is 2.34. The average molecular weight is 199 g/mol. The van der Waals surface area contributed by atoms with Crippen LogP contribution in [0.2, 0.25) is 13.1 Å². The molecule has 0 aromatic heterocycles. The second-order valence-corrected chi connectivity index (χ2v) is 6.52. The summed E-state index contributed by atoms with van der Waals surface area (Å²) in [5.41, 5.74) is 0.313. The maximum atomic E-state index is 6.20. The van der Waals surface area contributed by atoms with Gasteiger partial charge in [-0.05, 0) is 32.4 Å². The van der Waals surface area contributed by atoms with Gasteiger partial charge in [0.25, 0.3) is 0 Å². The molecular weight excluding hydrogens is 176 g/mol. The molecule has 0 atom stereocenters. The van der Waals surface area contributed by atoms with Gasteiger partial charge in [0.2, 0.25) is 9.04 Å². The van der Waals surface area contributed by atoms with Gasteiger partial charge in [0, 0.05) is 0 Å². The number of unbranched alkanes of at least 4 members (excludes halogenated alkanes) is 1. The lowest BCUT2D eigenvalue weighted by Crippen LogP contribution is -2.33. The van der Waals surface area contributed by atoms with E-state index in [-0.39, 0.29) is 0 Å². The molecule has 13 heavy (non-hydrogen) atoms. The quantitative estimate of drug-likeness (QED) is 0.613. The third-order valence-corrected chi connectivity index (χ3v) is 3.76. The monoisotopic (exact) mass is 199 g/mol. The highest BCUT2D eigenvalue weighted by molar-refractivity contribution is 6.48. The minimum absolute atomic E-state index is 0.313. The Morgan fingerprint density at radius 2 is 1.85 bits per heavy atom. The second kappa shape index (κ2) is 5.16. The summed E-state index contributed by atoms with van der Waals surface area (Å²) in [6, 6.07) is 0. The van der Waals surface area contributed by atoms with E-state index >= 15 is 0 Å². The summed E-state index contributed by atoms with van der Waals surface area (Å²) >= 11 is 0. The first kappa shape index (κ1) is 11.3. The van der Waals surface area contributed by atoms with Gasteiger partial charge in [0.1, 0.15) is 0 Å². The molecule has 0 N–H and O–H groups in total. The van der Waals surface area contributed by atoms with Gasteiger partial charge < -0.3 is 4.43 Å². The molecule has 0 aromatic carbocycles. The molecule has 0 aliphatic heterocycles. The van der Waals surface area contributed by atoms with Gasteiger partial charge >= 0.3 is 0 Å². The molecule has 1 nitrogen and oxygen atoms in total. The van der Waals surface area contributed by atoms with Crippen LogP contribution in [0, 0.1) is 0 Å². The summed E-state index contributed by atoms with van der Waals surface area (Å²) in [5, 5.41) is 0. The lowest BCUT2D eigenvalue weighted by Gasteiger charge is -2.31. The van der Waals surface area contributed by atoms with Crippen molar-refractivity contribution in [3.63, 3.8) is 0 Å². The van der Waals surface area contributed by atoms with Crippen molar-refractivity contribution in [1.29, 1.82) is 0 Å². The fourth-order valence-corrected chi connectivity index (χ4v) is 3.53. The fourth-order valence-electron chi connectivity index (χ4n) is 2.35. The smallest absolute Gasteiger partial charge is 0.205 e. The van der Waals surface area contributed by atoms with Crippen molar-refractivity contribution >= 4 is 9.04 Å². The highest BCUT2D eigenvalue weighted by atomic mass is 28.3. The zero-order valence-electron chi connectivity index (χ0n) is 9.36. The molecule has 1 fully saturated rings. The summed E-state index contributed by atoms with van der Waals surface area (Å²) in [6.45, 7) is 6.79. The Morgan fingerprint density at radius 1 is 1.23 bits per heavy atom. The molecule has 0 spiro atoms. The van der Waals surface area contributed by atoms with E-state index in [0.717, 1.165) is 0 Å². The van der Waals surface area contributed by atoms with Crippen LogP contribution >= 0.6 is 0 Å². The Morgan fingerprint density at radius 3 is 2.31 bits per heavy atom. The zero-order valence-corrected chi connectivity index (χ0v) is 10.4. The Bertz CT molecular complexity index is 139. The standard InChI is InChI=1S/C11H23OSi/c1-4-5-8-11(12-13(2)3)9-6-7-10-11/h4-10H2,1-3H3. The molecule has 0 bridgehead atoms. The third kappa shape index (κ3) is 3.43. The van der Waals surface area contributed by atoms with Gasteiger partial charge in [-0.15, -0.1) is 0 Å². The number of rotatable bonds is 5. The molecule has 1 aliphatic rings. The predicted molar refractivity (Wildman–Crippen MR) is 59.3 cm³/mol. The van der Waals surface area contributed by atoms with E-state index in [4.69, 9.17) is 4.43 Å². The molecule has 2 heteroatoms. The van der Waals surface area contributed by atoms with E-state index in [1.807, 2.05) is 0 Å². The fraction of sp³-hybridized carbons (Fsp3) is 1.00. The summed E-state index contributed by atoms with van der Waals surface area (Å²) in [6.07, 6.45) is 9.37. The van der Waals surface area contributed by atoms with E-state index in [1.54, 1.807) is 0 Å². The van der Waals surface area contributed by atoms with E-state index < -0.39 is 9.04 Å². The Kier molecular flexibility index (Phi) is 4.46. The van der Waals surface area contributed by atoms with Crippen LogP contribution in [0.25, 0.3) is 0 Å². The molecule has 0 amide bonds. The lowest BCUT2D eigenvalue weighted by atomic mass is 9.95. The van der Waals surface area contributed by atoms with E-state index in [9.17, 15) is 0 Å². The Hall–Kier alpha value is 0.177.